The number of amides is 1. The van der Waals surface area contributed by atoms with Crippen LogP contribution in [0.2, 0.25) is 0 Å². The van der Waals surface area contributed by atoms with E-state index in [0.717, 1.165) is 17.9 Å². The van der Waals surface area contributed by atoms with Gasteiger partial charge in [-0.2, -0.15) is 26.3 Å². The molecule has 14 heteroatoms. The molecule has 0 bridgehead atoms. The number of halogens is 7. The zero-order valence-electron chi connectivity index (χ0n) is 17.6. The van der Waals surface area contributed by atoms with Gasteiger partial charge in [-0.1, -0.05) is 0 Å². The summed E-state index contributed by atoms with van der Waals surface area (Å²) in [6, 6.07) is 1.68. The molecule has 0 radical (unpaired) electrons. The minimum absolute atomic E-state index is 0.0177. The second-order valence-electron chi connectivity index (χ2n) is 7.68. The van der Waals surface area contributed by atoms with E-state index >= 15 is 0 Å². The summed E-state index contributed by atoms with van der Waals surface area (Å²) in [5.74, 6) is -5.91. The number of hydrogen-bond acceptors (Lipinski definition) is 5. The molecule has 186 valence electrons. The molecule has 3 unspecified atom stereocenters. The second-order valence-corrected chi connectivity index (χ2v) is 9.00. The molecule has 1 aliphatic heterocycles. The molecule has 1 saturated heterocycles. The fourth-order valence-electron chi connectivity index (χ4n) is 3.75. The van der Waals surface area contributed by atoms with Crippen molar-refractivity contribution in [2.24, 2.45) is 5.41 Å². The molecule has 2 heterocycles. The Bertz CT molecular complexity index is 1120. The maximum atomic E-state index is 14.3. The van der Waals surface area contributed by atoms with Crippen LogP contribution in [0.3, 0.4) is 0 Å². The highest BCUT2D eigenvalue weighted by Gasteiger charge is 2.63. The van der Waals surface area contributed by atoms with Crippen molar-refractivity contribution in [3.05, 3.63) is 42.1 Å². The summed E-state index contributed by atoms with van der Waals surface area (Å²) in [6.07, 6.45) is -3.09. The molecule has 3 atom stereocenters. The molecule has 6 nitrogen and oxygen atoms in total. The first-order chi connectivity index (χ1) is 15.8. The minimum atomic E-state index is -4.93. The fraction of sp³-hybridized carbons (Fsp3) is 0.400. The number of nitrogens with one attached hydrogen (secondary N) is 1. The minimum Gasteiger partial charge on any atom is -0.429 e. The van der Waals surface area contributed by atoms with E-state index in [1.807, 2.05) is 0 Å². The quantitative estimate of drug-likeness (QED) is 0.577. The predicted molar refractivity (Wildman–Crippen MR) is 108 cm³/mol. The molecule has 0 aliphatic carbocycles. The Morgan fingerprint density at radius 1 is 1.29 bits per heavy atom. The summed E-state index contributed by atoms with van der Waals surface area (Å²) in [6.45, 7) is -3.34. The zero-order valence-corrected chi connectivity index (χ0v) is 18.4. The van der Waals surface area contributed by atoms with Gasteiger partial charge in [-0.3, -0.25) is 9.00 Å². The molecule has 0 saturated carbocycles. The van der Waals surface area contributed by atoms with Gasteiger partial charge in [0.1, 0.15) is 11.1 Å². The summed E-state index contributed by atoms with van der Waals surface area (Å²) in [7, 11) is -1.55. The van der Waals surface area contributed by atoms with Crippen molar-refractivity contribution in [2.45, 2.75) is 37.2 Å². The highest BCUT2D eigenvalue weighted by Crippen LogP contribution is 2.52. The number of benzene rings is 1. The summed E-state index contributed by atoms with van der Waals surface area (Å²) < 4.78 is 112. The van der Waals surface area contributed by atoms with Crippen molar-refractivity contribution in [1.82, 2.24) is 4.98 Å². The molecule has 0 spiro atoms. The number of rotatable bonds is 6. The van der Waals surface area contributed by atoms with E-state index in [1.165, 1.54) is 24.6 Å². The fourth-order valence-corrected chi connectivity index (χ4v) is 4.26. The number of nitrogens with zero attached hydrogens (tertiary/aromatic N) is 2. The molecule has 2 aromatic rings. The highest BCUT2D eigenvalue weighted by molar-refractivity contribution is 7.84. The average Bonchev–Trinajstić information content (AvgIpc) is 3.10. The lowest BCUT2D eigenvalue weighted by Crippen LogP contribution is -2.53. The molecular formula is C20H18F7N3O3S. The van der Waals surface area contributed by atoms with Gasteiger partial charge >= 0.3 is 12.8 Å². The molecule has 1 fully saturated rings. The van der Waals surface area contributed by atoms with E-state index in [0.29, 0.717) is 6.07 Å². The van der Waals surface area contributed by atoms with Crippen molar-refractivity contribution in [3.63, 3.8) is 0 Å². The van der Waals surface area contributed by atoms with Crippen molar-refractivity contribution >= 4 is 28.1 Å². The van der Waals surface area contributed by atoms with Gasteiger partial charge in [-0.25, -0.2) is 9.37 Å². The van der Waals surface area contributed by atoms with Gasteiger partial charge in [-0.15, -0.1) is 0 Å². The largest absolute Gasteiger partial charge is 0.429 e. The molecule has 1 aliphatic rings. The molecule has 1 N–H and O–H groups in total. The Balaban J connectivity index is 2.08. The first-order valence-corrected chi connectivity index (χ1v) is 11.2. The number of aromatic nitrogens is 1. The van der Waals surface area contributed by atoms with Crippen LogP contribution in [0.4, 0.5) is 42.1 Å². The van der Waals surface area contributed by atoms with Crippen LogP contribution in [0.5, 0.6) is 5.75 Å². The summed E-state index contributed by atoms with van der Waals surface area (Å²) >= 11 is 0. The molecule has 1 amide bonds. The first kappa shape index (κ1) is 25.7. The van der Waals surface area contributed by atoms with Gasteiger partial charge in [0.15, 0.2) is 11.6 Å². The Kier molecular flexibility index (Phi) is 7.10. The Hall–Kier alpha value is -2.90. The Labute approximate surface area is 191 Å². The lowest BCUT2D eigenvalue weighted by Gasteiger charge is -2.36. The molecule has 3 rings (SSSR count). The van der Waals surface area contributed by atoms with E-state index in [9.17, 15) is 39.7 Å². The third-order valence-electron chi connectivity index (χ3n) is 5.53. The maximum absolute atomic E-state index is 14.3. The van der Waals surface area contributed by atoms with E-state index in [2.05, 4.69) is 15.0 Å². The topological polar surface area (TPSA) is 71.5 Å². The smallest absolute Gasteiger partial charge is 0.396 e. The van der Waals surface area contributed by atoms with Gasteiger partial charge in [0, 0.05) is 24.7 Å². The summed E-state index contributed by atoms with van der Waals surface area (Å²) in [5.41, 5.74) is -3.35. The molecule has 1 aromatic heterocycles. The number of carbonyl (C=O) groups excluding carboxylic acids is 1. The highest BCUT2D eigenvalue weighted by atomic mass is 32.2. The van der Waals surface area contributed by atoms with Crippen molar-refractivity contribution in [3.8, 4) is 5.75 Å². The number of hydrogen-bond donors (Lipinski definition) is 1. The van der Waals surface area contributed by atoms with Crippen LogP contribution >= 0.6 is 0 Å². The normalized spacial score (nSPS) is 21.6. The number of carbonyl (C=O) groups is 1. The van der Waals surface area contributed by atoms with E-state index in [1.54, 1.807) is 0 Å². The monoisotopic (exact) mass is 513 g/mol. The SMILES string of the molecule is CS(=O)c1cc(NC(=O)C2N(c3ccc(F)c(F)c3OC(F)F)CCC2(C)C(F)(F)F)ccn1. The van der Waals surface area contributed by atoms with Gasteiger partial charge in [0.05, 0.1) is 21.9 Å². The van der Waals surface area contributed by atoms with Crippen LogP contribution in [0.25, 0.3) is 0 Å². The Morgan fingerprint density at radius 3 is 2.56 bits per heavy atom. The van der Waals surface area contributed by atoms with Crippen molar-refractivity contribution in [2.75, 3.05) is 23.0 Å². The Morgan fingerprint density at radius 2 is 1.97 bits per heavy atom. The first-order valence-electron chi connectivity index (χ1n) is 9.63. The average molecular weight is 513 g/mol. The van der Waals surface area contributed by atoms with Gasteiger partial charge < -0.3 is 15.0 Å². The van der Waals surface area contributed by atoms with Crippen molar-refractivity contribution in [1.29, 1.82) is 0 Å². The number of anilines is 2. The third-order valence-corrected chi connectivity index (χ3v) is 6.34. The third kappa shape index (κ3) is 4.81. The molecule has 1 aromatic carbocycles. The van der Waals surface area contributed by atoms with Gasteiger partial charge in [0.2, 0.25) is 11.7 Å². The lowest BCUT2D eigenvalue weighted by atomic mass is 9.81. The van der Waals surface area contributed by atoms with Crippen LogP contribution in [0.15, 0.2) is 35.5 Å². The summed E-state index contributed by atoms with van der Waals surface area (Å²) in [4.78, 5) is 17.7. The van der Waals surface area contributed by atoms with Crippen LogP contribution in [-0.2, 0) is 15.6 Å². The van der Waals surface area contributed by atoms with Gasteiger partial charge in [0.25, 0.3) is 0 Å². The van der Waals surface area contributed by atoms with Crippen LogP contribution in [0.1, 0.15) is 13.3 Å². The van der Waals surface area contributed by atoms with Crippen LogP contribution in [0, 0.1) is 17.0 Å². The number of alkyl halides is 5. The molecular weight excluding hydrogens is 495 g/mol. The maximum Gasteiger partial charge on any atom is 0.396 e. The van der Waals surface area contributed by atoms with E-state index < -0.39 is 77.0 Å². The van der Waals surface area contributed by atoms with Gasteiger partial charge in [-0.05, 0) is 37.6 Å². The lowest BCUT2D eigenvalue weighted by molar-refractivity contribution is -0.219. The standard InChI is InChI=1S/C20H18F7N3O3S/c1-19(20(25,26)27)6-8-30(12-4-3-11(21)14(22)15(12)33-18(23)24)16(19)17(31)29-10-5-7-28-13(9-10)34(2)32/h3-5,7,9,16,18H,6,8H2,1-2H3,(H,28,29,31). The second kappa shape index (κ2) is 9.39. The van der Waals surface area contributed by atoms with Crippen molar-refractivity contribution < 1.29 is 44.5 Å². The van der Waals surface area contributed by atoms with E-state index in [-0.39, 0.29) is 10.7 Å². The summed E-state index contributed by atoms with van der Waals surface area (Å²) in [5, 5.41) is 2.33. The van der Waals surface area contributed by atoms with E-state index in [4.69, 9.17) is 0 Å². The van der Waals surface area contributed by atoms with Crippen LogP contribution < -0.4 is 15.0 Å². The zero-order chi connectivity index (χ0) is 25.4. The van der Waals surface area contributed by atoms with Crippen LogP contribution in [-0.4, -0.2) is 46.7 Å². The predicted octanol–water partition coefficient (Wildman–Crippen LogP) is 4.48. The number of ether oxygens (including phenoxy) is 1. The number of pyridine rings is 1. The molecule has 34 heavy (non-hydrogen) atoms.